The van der Waals surface area contributed by atoms with E-state index in [0.717, 1.165) is 6.07 Å². The average Bonchev–Trinajstić information content (AvgIpc) is 2.33. The van der Waals surface area contributed by atoms with Gasteiger partial charge in [0.1, 0.15) is 16.5 Å². The van der Waals surface area contributed by atoms with E-state index < -0.39 is 21.7 Å². The summed E-state index contributed by atoms with van der Waals surface area (Å²) in [7, 11) is -3.98. The molecule has 0 atom stereocenters. The number of anilines is 3. The van der Waals surface area contributed by atoms with Gasteiger partial charge in [0.05, 0.1) is 17.1 Å². The summed E-state index contributed by atoms with van der Waals surface area (Å²) < 4.78 is 48.9. The first-order valence-corrected chi connectivity index (χ1v) is 6.97. The van der Waals surface area contributed by atoms with E-state index in [-0.39, 0.29) is 22.0 Å². The number of primary sulfonamides is 1. The molecule has 0 aliphatic carbocycles. The van der Waals surface area contributed by atoms with Crippen molar-refractivity contribution in [3.63, 3.8) is 0 Å². The number of para-hydroxylation sites is 1. The minimum atomic E-state index is -3.98. The topological polar surface area (TPSA) is 98.2 Å². The zero-order chi connectivity index (χ0) is 14.9. The van der Waals surface area contributed by atoms with Crippen molar-refractivity contribution in [2.45, 2.75) is 4.90 Å². The molecule has 0 amide bonds. The molecule has 0 unspecified atom stereocenters. The van der Waals surface area contributed by atoms with Crippen molar-refractivity contribution in [2.75, 3.05) is 11.1 Å². The van der Waals surface area contributed by atoms with Crippen molar-refractivity contribution in [1.29, 1.82) is 0 Å². The third-order valence-electron chi connectivity index (χ3n) is 2.57. The number of rotatable bonds is 3. The van der Waals surface area contributed by atoms with Gasteiger partial charge in [-0.15, -0.1) is 0 Å². The van der Waals surface area contributed by atoms with Crippen LogP contribution in [0, 0.1) is 11.6 Å². The van der Waals surface area contributed by atoms with Crippen LogP contribution in [-0.2, 0) is 10.0 Å². The number of nitrogens with one attached hydrogen (secondary N) is 1. The van der Waals surface area contributed by atoms with Gasteiger partial charge >= 0.3 is 0 Å². The van der Waals surface area contributed by atoms with E-state index in [9.17, 15) is 17.2 Å². The molecule has 0 aromatic heterocycles. The molecule has 0 saturated carbocycles. The van der Waals surface area contributed by atoms with Crippen molar-refractivity contribution in [3.05, 3.63) is 48.0 Å². The molecule has 2 rings (SSSR count). The fraction of sp³-hybridized carbons (Fsp3) is 0. The molecule has 0 heterocycles. The SMILES string of the molecule is Nc1c(Nc2ccc(F)cc2F)cccc1S(N)(=O)=O. The molecular formula is C12H11F2N3O2S. The Balaban J connectivity index is 2.45. The van der Waals surface area contributed by atoms with Gasteiger partial charge in [-0.1, -0.05) is 6.07 Å². The summed E-state index contributed by atoms with van der Waals surface area (Å²) in [6.07, 6.45) is 0. The van der Waals surface area contributed by atoms with Gasteiger partial charge in [-0.05, 0) is 24.3 Å². The lowest BCUT2D eigenvalue weighted by Crippen LogP contribution is -2.15. The van der Waals surface area contributed by atoms with Gasteiger partial charge in [-0.2, -0.15) is 0 Å². The molecule has 0 spiro atoms. The Morgan fingerprint density at radius 1 is 1.05 bits per heavy atom. The first-order valence-electron chi connectivity index (χ1n) is 5.42. The molecule has 5 nitrogen and oxygen atoms in total. The summed E-state index contributed by atoms with van der Waals surface area (Å²) in [5.74, 6) is -1.55. The van der Waals surface area contributed by atoms with Crippen LogP contribution in [0.1, 0.15) is 0 Å². The number of hydrogen-bond donors (Lipinski definition) is 3. The summed E-state index contributed by atoms with van der Waals surface area (Å²) in [5.41, 5.74) is 5.66. The van der Waals surface area contributed by atoms with E-state index in [1.54, 1.807) is 0 Å². The number of nitrogen functional groups attached to an aromatic ring is 1. The van der Waals surface area contributed by atoms with Crippen LogP contribution in [0.25, 0.3) is 0 Å². The highest BCUT2D eigenvalue weighted by Crippen LogP contribution is 2.29. The molecule has 2 aromatic rings. The second kappa shape index (κ2) is 5.06. The normalized spacial score (nSPS) is 11.3. The third-order valence-corrected chi connectivity index (χ3v) is 3.54. The molecule has 5 N–H and O–H groups in total. The lowest BCUT2D eigenvalue weighted by molar-refractivity contribution is 0.586. The van der Waals surface area contributed by atoms with Crippen molar-refractivity contribution in [1.82, 2.24) is 0 Å². The Morgan fingerprint density at radius 3 is 2.35 bits per heavy atom. The quantitative estimate of drug-likeness (QED) is 0.754. The highest BCUT2D eigenvalue weighted by Gasteiger charge is 2.15. The zero-order valence-corrected chi connectivity index (χ0v) is 10.9. The van der Waals surface area contributed by atoms with E-state index >= 15 is 0 Å². The standard InChI is InChI=1S/C12H11F2N3O2S/c13-7-4-5-9(8(14)6-7)17-10-2-1-3-11(12(10)15)20(16,18)19/h1-6,17H,15H2,(H2,16,18,19). The maximum Gasteiger partial charge on any atom is 0.240 e. The molecule has 2 aromatic carbocycles. The van der Waals surface area contributed by atoms with Crippen LogP contribution in [-0.4, -0.2) is 8.42 Å². The Labute approximate surface area is 114 Å². The molecule has 0 fully saturated rings. The fourth-order valence-corrected chi connectivity index (χ4v) is 2.32. The summed E-state index contributed by atoms with van der Waals surface area (Å²) >= 11 is 0. The lowest BCUT2D eigenvalue weighted by atomic mass is 10.2. The Kier molecular flexibility index (Phi) is 3.60. The summed E-state index contributed by atoms with van der Waals surface area (Å²) in [6, 6.07) is 7.02. The molecule has 0 saturated heterocycles. The molecule has 0 aliphatic heterocycles. The largest absolute Gasteiger partial charge is 0.396 e. The summed E-state index contributed by atoms with van der Waals surface area (Å²) in [5, 5.41) is 7.60. The second-order valence-corrected chi connectivity index (χ2v) is 5.54. The van der Waals surface area contributed by atoms with Crippen LogP contribution >= 0.6 is 0 Å². The number of nitrogens with two attached hydrogens (primary N) is 2. The van der Waals surface area contributed by atoms with Gasteiger partial charge in [0, 0.05) is 6.07 Å². The molecular weight excluding hydrogens is 288 g/mol. The van der Waals surface area contributed by atoms with Crippen molar-refractivity contribution in [2.24, 2.45) is 5.14 Å². The van der Waals surface area contributed by atoms with Crippen LogP contribution < -0.4 is 16.2 Å². The summed E-state index contributed by atoms with van der Waals surface area (Å²) in [4.78, 5) is -0.273. The first-order chi connectivity index (χ1) is 9.29. The van der Waals surface area contributed by atoms with Gasteiger partial charge < -0.3 is 11.1 Å². The van der Waals surface area contributed by atoms with Crippen LogP contribution in [0.15, 0.2) is 41.3 Å². The molecule has 20 heavy (non-hydrogen) atoms. The van der Waals surface area contributed by atoms with Gasteiger partial charge in [0.15, 0.2) is 0 Å². The minimum Gasteiger partial charge on any atom is -0.396 e. The van der Waals surface area contributed by atoms with Crippen LogP contribution in [0.5, 0.6) is 0 Å². The number of benzene rings is 2. The first kappa shape index (κ1) is 14.2. The van der Waals surface area contributed by atoms with E-state index in [0.29, 0.717) is 6.07 Å². The lowest BCUT2D eigenvalue weighted by Gasteiger charge is -2.12. The van der Waals surface area contributed by atoms with Crippen LogP contribution in [0.2, 0.25) is 0 Å². The van der Waals surface area contributed by atoms with Crippen molar-refractivity contribution < 1.29 is 17.2 Å². The fourth-order valence-electron chi connectivity index (χ4n) is 1.64. The molecule has 8 heteroatoms. The van der Waals surface area contributed by atoms with Crippen LogP contribution in [0.4, 0.5) is 25.8 Å². The predicted molar refractivity (Wildman–Crippen MR) is 71.9 cm³/mol. The molecule has 106 valence electrons. The number of sulfonamides is 1. The Hall–Kier alpha value is -2.19. The predicted octanol–water partition coefficient (Wildman–Crippen LogP) is 1.94. The number of hydrogen-bond acceptors (Lipinski definition) is 4. The van der Waals surface area contributed by atoms with Crippen molar-refractivity contribution >= 4 is 27.1 Å². The van der Waals surface area contributed by atoms with Gasteiger partial charge in [0.25, 0.3) is 0 Å². The maximum atomic E-state index is 13.5. The van der Waals surface area contributed by atoms with Gasteiger partial charge in [0.2, 0.25) is 10.0 Å². The summed E-state index contributed by atoms with van der Waals surface area (Å²) in [6.45, 7) is 0. The highest BCUT2D eigenvalue weighted by molar-refractivity contribution is 7.89. The average molecular weight is 299 g/mol. The Morgan fingerprint density at radius 2 is 1.75 bits per heavy atom. The highest BCUT2D eigenvalue weighted by atomic mass is 32.2. The monoisotopic (exact) mass is 299 g/mol. The molecule has 0 radical (unpaired) electrons. The minimum absolute atomic E-state index is 0.0373. The third kappa shape index (κ3) is 2.86. The number of halogens is 2. The van der Waals surface area contributed by atoms with Gasteiger partial charge in [-0.25, -0.2) is 22.3 Å². The van der Waals surface area contributed by atoms with E-state index in [1.807, 2.05) is 0 Å². The van der Waals surface area contributed by atoms with E-state index in [1.165, 1.54) is 24.3 Å². The second-order valence-electron chi connectivity index (χ2n) is 4.01. The molecule has 0 aliphatic rings. The van der Waals surface area contributed by atoms with E-state index in [4.69, 9.17) is 10.9 Å². The zero-order valence-electron chi connectivity index (χ0n) is 10.1. The molecule has 0 bridgehead atoms. The van der Waals surface area contributed by atoms with E-state index in [2.05, 4.69) is 5.32 Å². The van der Waals surface area contributed by atoms with Crippen molar-refractivity contribution in [3.8, 4) is 0 Å². The van der Waals surface area contributed by atoms with Crippen LogP contribution in [0.3, 0.4) is 0 Å². The maximum absolute atomic E-state index is 13.5. The van der Waals surface area contributed by atoms with Gasteiger partial charge in [-0.3, -0.25) is 0 Å². The smallest absolute Gasteiger partial charge is 0.240 e. The Bertz CT molecular complexity index is 763.